The number of nitrogens with zero attached hydrogens (tertiary/aromatic N) is 2. The molecule has 1 N–H and O–H groups in total. The zero-order valence-corrected chi connectivity index (χ0v) is 10.1. The first-order chi connectivity index (χ1) is 8.15. The molecule has 0 radical (unpaired) electrons. The van der Waals surface area contributed by atoms with Gasteiger partial charge in [0.15, 0.2) is 0 Å². The number of amides is 1. The van der Waals surface area contributed by atoms with Crippen LogP contribution in [0.2, 0.25) is 5.02 Å². The topological polar surface area (TPSA) is 46.9 Å². The Morgan fingerprint density at radius 3 is 3.00 bits per heavy atom. The summed E-state index contributed by atoms with van der Waals surface area (Å²) in [6.07, 6.45) is 3.38. The van der Waals surface area contributed by atoms with Crippen LogP contribution in [0.15, 0.2) is 36.7 Å². The van der Waals surface area contributed by atoms with Crippen LogP contribution in [0, 0.1) is 6.92 Å². The fourth-order valence-corrected chi connectivity index (χ4v) is 1.72. The molecule has 4 nitrogen and oxygen atoms in total. The van der Waals surface area contributed by atoms with Gasteiger partial charge in [0.1, 0.15) is 6.54 Å². The van der Waals surface area contributed by atoms with Crippen molar-refractivity contribution in [2.45, 2.75) is 13.5 Å². The van der Waals surface area contributed by atoms with Gasteiger partial charge in [0.25, 0.3) is 0 Å². The summed E-state index contributed by atoms with van der Waals surface area (Å²) in [7, 11) is 0. The molecule has 1 heterocycles. The minimum Gasteiger partial charge on any atom is -0.324 e. The first kappa shape index (κ1) is 11.7. The van der Waals surface area contributed by atoms with E-state index in [1.807, 2.05) is 13.0 Å². The van der Waals surface area contributed by atoms with Crippen molar-refractivity contribution in [1.82, 2.24) is 9.78 Å². The molecule has 0 aliphatic carbocycles. The zero-order chi connectivity index (χ0) is 12.3. The first-order valence-electron chi connectivity index (χ1n) is 5.18. The summed E-state index contributed by atoms with van der Waals surface area (Å²) in [4.78, 5) is 11.7. The van der Waals surface area contributed by atoms with Crippen molar-refractivity contribution in [2.75, 3.05) is 5.32 Å². The Kier molecular flexibility index (Phi) is 3.44. The minimum absolute atomic E-state index is 0.112. The lowest BCUT2D eigenvalue weighted by Gasteiger charge is -2.08. The molecule has 17 heavy (non-hydrogen) atoms. The smallest absolute Gasteiger partial charge is 0.246 e. The van der Waals surface area contributed by atoms with E-state index in [0.29, 0.717) is 5.02 Å². The highest BCUT2D eigenvalue weighted by Crippen LogP contribution is 2.19. The lowest BCUT2D eigenvalue weighted by atomic mass is 10.2. The molecule has 88 valence electrons. The number of nitrogens with one attached hydrogen (secondary N) is 1. The van der Waals surface area contributed by atoms with Crippen molar-refractivity contribution in [1.29, 1.82) is 0 Å². The van der Waals surface area contributed by atoms with Crippen LogP contribution in [0.4, 0.5) is 5.69 Å². The van der Waals surface area contributed by atoms with Crippen LogP contribution in [-0.2, 0) is 11.3 Å². The molecular weight excluding hydrogens is 238 g/mol. The van der Waals surface area contributed by atoms with E-state index in [-0.39, 0.29) is 12.5 Å². The summed E-state index contributed by atoms with van der Waals surface area (Å²) >= 11 is 5.84. The fourth-order valence-electron chi connectivity index (χ4n) is 1.50. The Morgan fingerprint density at radius 2 is 2.35 bits per heavy atom. The summed E-state index contributed by atoms with van der Waals surface area (Å²) in [6.45, 7) is 2.10. The van der Waals surface area contributed by atoms with Crippen molar-refractivity contribution in [3.63, 3.8) is 0 Å². The number of anilines is 1. The molecule has 1 aromatic heterocycles. The predicted molar refractivity (Wildman–Crippen MR) is 67.0 cm³/mol. The van der Waals surface area contributed by atoms with E-state index in [4.69, 9.17) is 11.6 Å². The molecule has 0 aliphatic rings. The number of rotatable bonds is 3. The number of aryl methyl sites for hydroxylation is 1. The van der Waals surface area contributed by atoms with E-state index in [1.165, 1.54) is 0 Å². The number of halogens is 1. The monoisotopic (exact) mass is 249 g/mol. The lowest BCUT2D eigenvalue weighted by Crippen LogP contribution is -2.19. The molecule has 0 saturated carbocycles. The number of hydrogen-bond donors (Lipinski definition) is 1. The largest absolute Gasteiger partial charge is 0.324 e. The van der Waals surface area contributed by atoms with Gasteiger partial charge in [-0.1, -0.05) is 11.6 Å². The second-order valence-electron chi connectivity index (χ2n) is 3.71. The van der Waals surface area contributed by atoms with Crippen LogP contribution in [0.5, 0.6) is 0 Å². The van der Waals surface area contributed by atoms with Gasteiger partial charge >= 0.3 is 0 Å². The maximum atomic E-state index is 11.7. The highest BCUT2D eigenvalue weighted by Gasteiger charge is 2.05. The molecule has 0 fully saturated rings. The van der Waals surface area contributed by atoms with Crippen LogP contribution < -0.4 is 5.32 Å². The van der Waals surface area contributed by atoms with E-state index in [0.717, 1.165) is 11.3 Å². The third-order valence-electron chi connectivity index (χ3n) is 2.33. The summed E-state index contributed by atoms with van der Waals surface area (Å²) in [5, 5.41) is 7.45. The summed E-state index contributed by atoms with van der Waals surface area (Å²) in [5.74, 6) is -0.112. The van der Waals surface area contributed by atoms with Crippen LogP contribution in [-0.4, -0.2) is 15.7 Å². The minimum atomic E-state index is -0.112. The van der Waals surface area contributed by atoms with Crippen LogP contribution in [0.25, 0.3) is 0 Å². The molecule has 0 spiro atoms. The van der Waals surface area contributed by atoms with Gasteiger partial charge in [0, 0.05) is 23.1 Å². The van der Waals surface area contributed by atoms with Gasteiger partial charge in [-0.2, -0.15) is 5.10 Å². The van der Waals surface area contributed by atoms with Crippen molar-refractivity contribution in [3.05, 3.63) is 47.2 Å². The van der Waals surface area contributed by atoms with E-state index in [9.17, 15) is 4.79 Å². The van der Waals surface area contributed by atoms with Crippen molar-refractivity contribution in [3.8, 4) is 0 Å². The normalized spacial score (nSPS) is 10.2. The summed E-state index contributed by atoms with van der Waals surface area (Å²) in [5.41, 5.74) is 1.71. The van der Waals surface area contributed by atoms with Crippen LogP contribution in [0.1, 0.15) is 5.56 Å². The van der Waals surface area contributed by atoms with Gasteiger partial charge in [-0.25, -0.2) is 0 Å². The van der Waals surface area contributed by atoms with Crippen molar-refractivity contribution < 1.29 is 4.79 Å². The number of benzene rings is 1. The van der Waals surface area contributed by atoms with E-state index in [1.54, 1.807) is 35.3 Å². The molecule has 1 aromatic carbocycles. The Morgan fingerprint density at radius 1 is 1.53 bits per heavy atom. The summed E-state index contributed by atoms with van der Waals surface area (Å²) < 4.78 is 1.57. The molecule has 1 amide bonds. The second-order valence-corrected chi connectivity index (χ2v) is 4.15. The molecule has 2 rings (SSSR count). The molecule has 0 saturated heterocycles. The zero-order valence-electron chi connectivity index (χ0n) is 9.35. The molecule has 0 unspecified atom stereocenters. The van der Waals surface area contributed by atoms with Gasteiger partial charge < -0.3 is 5.32 Å². The molecule has 5 heteroatoms. The predicted octanol–water partition coefficient (Wildman–Crippen LogP) is 2.48. The van der Waals surface area contributed by atoms with Gasteiger partial charge in [-0.05, 0) is 36.8 Å². The highest BCUT2D eigenvalue weighted by molar-refractivity contribution is 6.30. The van der Waals surface area contributed by atoms with Gasteiger partial charge in [0.05, 0.1) is 0 Å². The third kappa shape index (κ3) is 3.07. The standard InChI is InChI=1S/C12H12ClN3O/c1-9-7-10(13)3-4-11(9)15-12(17)8-16-6-2-5-14-16/h2-7H,8H2,1H3,(H,15,17). The average Bonchev–Trinajstić information content (AvgIpc) is 2.75. The molecular formula is C12H12ClN3O. The number of carbonyl (C=O) groups excluding carboxylic acids is 1. The third-order valence-corrected chi connectivity index (χ3v) is 2.56. The number of carbonyl (C=O) groups is 1. The fraction of sp³-hybridized carbons (Fsp3) is 0.167. The average molecular weight is 250 g/mol. The molecule has 2 aromatic rings. The number of hydrogen-bond acceptors (Lipinski definition) is 2. The molecule has 0 bridgehead atoms. The summed E-state index contributed by atoms with van der Waals surface area (Å²) in [6, 6.07) is 7.13. The van der Waals surface area contributed by atoms with Gasteiger partial charge in [-0.3, -0.25) is 9.48 Å². The van der Waals surface area contributed by atoms with Crippen LogP contribution >= 0.6 is 11.6 Å². The van der Waals surface area contributed by atoms with Crippen molar-refractivity contribution in [2.24, 2.45) is 0 Å². The Hall–Kier alpha value is -1.81. The highest BCUT2D eigenvalue weighted by atomic mass is 35.5. The Balaban J connectivity index is 2.03. The quantitative estimate of drug-likeness (QED) is 0.909. The van der Waals surface area contributed by atoms with Crippen molar-refractivity contribution >= 4 is 23.2 Å². The van der Waals surface area contributed by atoms with Gasteiger partial charge in [0.2, 0.25) is 5.91 Å². The molecule has 0 aliphatic heterocycles. The van der Waals surface area contributed by atoms with Gasteiger partial charge in [-0.15, -0.1) is 0 Å². The maximum Gasteiger partial charge on any atom is 0.246 e. The first-order valence-corrected chi connectivity index (χ1v) is 5.56. The number of aromatic nitrogens is 2. The lowest BCUT2D eigenvalue weighted by molar-refractivity contribution is -0.116. The van der Waals surface area contributed by atoms with E-state index >= 15 is 0 Å². The van der Waals surface area contributed by atoms with Crippen LogP contribution in [0.3, 0.4) is 0 Å². The molecule has 0 atom stereocenters. The van der Waals surface area contributed by atoms with E-state index < -0.39 is 0 Å². The second kappa shape index (κ2) is 5.01. The van der Waals surface area contributed by atoms with E-state index in [2.05, 4.69) is 10.4 Å². The Labute approximate surface area is 104 Å². The maximum absolute atomic E-state index is 11.7. The SMILES string of the molecule is Cc1cc(Cl)ccc1NC(=O)Cn1cccn1. The Bertz CT molecular complexity index is 523.